The number of nitrogens with one attached hydrogen (secondary N) is 1. The Hall–Kier alpha value is -1.61. The van der Waals surface area contributed by atoms with E-state index in [9.17, 15) is 8.78 Å². The van der Waals surface area contributed by atoms with Gasteiger partial charge in [0.1, 0.15) is 11.6 Å². The largest absolute Gasteiger partial charge is 0.376 e. The number of fused-ring (bicyclic) bond motifs is 1. The van der Waals surface area contributed by atoms with Crippen molar-refractivity contribution in [3.63, 3.8) is 0 Å². The molecule has 2 aromatic carbocycles. The molecule has 0 radical (unpaired) electrons. The first kappa shape index (κ1) is 11.5. The highest BCUT2D eigenvalue weighted by Crippen LogP contribution is 2.39. The van der Waals surface area contributed by atoms with Gasteiger partial charge in [0, 0.05) is 5.56 Å². The molecule has 1 aliphatic rings. The number of anilines is 1. The van der Waals surface area contributed by atoms with Crippen molar-refractivity contribution in [2.45, 2.75) is 12.5 Å². The third kappa shape index (κ3) is 1.85. The summed E-state index contributed by atoms with van der Waals surface area (Å²) in [7, 11) is 0. The molecule has 1 heterocycles. The monoisotopic (exact) mass is 265 g/mol. The summed E-state index contributed by atoms with van der Waals surface area (Å²) in [5, 5.41) is 3.75. The van der Waals surface area contributed by atoms with Crippen molar-refractivity contribution in [1.82, 2.24) is 0 Å². The van der Waals surface area contributed by atoms with E-state index in [0.29, 0.717) is 17.0 Å². The van der Waals surface area contributed by atoms with Crippen LogP contribution >= 0.6 is 11.6 Å². The van der Waals surface area contributed by atoms with Gasteiger partial charge in [-0.15, -0.1) is 0 Å². The molecule has 1 nitrogen and oxygen atoms in total. The molecule has 18 heavy (non-hydrogen) atoms. The predicted octanol–water partition coefficient (Wildman–Crippen LogP) is 4.33. The van der Waals surface area contributed by atoms with Crippen LogP contribution in [-0.4, -0.2) is 0 Å². The molecule has 1 unspecified atom stereocenters. The zero-order valence-electron chi connectivity index (χ0n) is 9.38. The summed E-state index contributed by atoms with van der Waals surface area (Å²) in [6.45, 7) is 0. The molecule has 0 aliphatic carbocycles. The average Bonchev–Trinajstić information content (AvgIpc) is 2.77. The first-order valence-corrected chi connectivity index (χ1v) is 6.02. The topological polar surface area (TPSA) is 12.0 Å². The second kappa shape index (κ2) is 4.25. The first-order valence-electron chi connectivity index (χ1n) is 5.64. The van der Waals surface area contributed by atoms with Crippen molar-refractivity contribution in [2.75, 3.05) is 5.32 Å². The van der Waals surface area contributed by atoms with E-state index in [-0.39, 0.29) is 6.04 Å². The molecule has 0 spiro atoms. The van der Waals surface area contributed by atoms with Crippen LogP contribution in [0.2, 0.25) is 5.02 Å². The van der Waals surface area contributed by atoms with E-state index in [2.05, 4.69) is 5.32 Å². The molecule has 0 amide bonds. The third-order valence-electron chi connectivity index (χ3n) is 3.18. The summed E-state index contributed by atoms with van der Waals surface area (Å²) in [6, 6.07) is 8.80. The molecular formula is C14H10ClF2N. The summed E-state index contributed by atoms with van der Waals surface area (Å²) >= 11 is 6.06. The van der Waals surface area contributed by atoms with Crippen molar-refractivity contribution in [3.8, 4) is 0 Å². The standard InChI is InChI=1S/C14H10ClF2N/c15-11-3-1-2-8-6-13(18-14(8)11)10-7-9(16)4-5-12(10)17/h1-5,7,13,18H,6H2. The van der Waals surface area contributed by atoms with Gasteiger partial charge in [0.25, 0.3) is 0 Å². The van der Waals surface area contributed by atoms with Crippen molar-refractivity contribution in [2.24, 2.45) is 0 Å². The van der Waals surface area contributed by atoms with Gasteiger partial charge in [-0.2, -0.15) is 0 Å². The minimum Gasteiger partial charge on any atom is -0.376 e. The number of rotatable bonds is 1. The van der Waals surface area contributed by atoms with E-state index in [4.69, 9.17) is 11.6 Å². The molecule has 4 heteroatoms. The van der Waals surface area contributed by atoms with Crippen molar-refractivity contribution in [3.05, 3.63) is 64.2 Å². The molecule has 0 bridgehead atoms. The second-order valence-corrected chi connectivity index (χ2v) is 4.75. The van der Waals surface area contributed by atoms with Gasteiger partial charge in [0.2, 0.25) is 0 Å². The van der Waals surface area contributed by atoms with E-state index < -0.39 is 11.6 Å². The zero-order chi connectivity index (χ0) is 12.7. The molecular weight excluding hydrogens is 256 g/mol. The number of para-hydroxylation sites is 1. The Morgan fingerprint density at radius 1 is 1.17 bits per heavy atom. The fourth-order valence-corrected chi connectivity index (χ4v) is 2.56. The Kier molecular flexibility index (Phi) is 2.71. The maximum absolute atomic E-state index is 13.7. The molecule has 92 valence electrons. The van der Waals surface area contributed by atoms with Crippen molar-refractivity contribution < 1.29 is 8.78 Å². The highest BCUT2D eigenvalue weighted by Gasteiger charge is 2.26. The van der Waals surface area contributed by atoms with E-state index in [1.54, 1.807) is 6.07 Å². The van der Waals surface area contributed by atoms with Crippen LogP contribution in [-0.2, 0) is 6.42 Å². The van der Waals surface area contributed by atoms with Gasteiger partial charge in [-0.1, -0.05) is 23.7 Å². The van der Waals surface area contributed by atoms with Crippen molar-refractivity contribution >= 4 is 17.3 Å². The normalized spacial score (nSPS) is 17.4. The Morgan fingerprint density at radius 3 is 2.78 bits per heavy atom. The number of benzene rings is 2. The Labute approximate surface area is 108 Å². The Balaban J connectivity index is 1.99. The minimum atomic E-state index is -0.435. The fraction of sp³-hybridized carbons (Fsp3) is 0.143. The zero-order valence-corrected chi connectivity index (χ0v) is 10.1. The minimum absolute atomic E-state index is 0.268. The summed E-state index contributed by atoms with van der Waals surface area (Å²) in [5.41, 5.74) is 2.17. The number of hydrogen-bond donors (Lipinski definition) is 1. The van der Waals surface area contributed by atoms with Gasteiger partial charge < -0.3 is 5.32 Å². The van der Waals surface area contributed by atoms with Gasteiger partial charge in [0.15, 0.2) is 0 Å². The van der Waals surface area contributed by atoms with Gasteiger partial charge in [-0.25, -0.2) is 8.78 Å². The summed E-state index contributed by atoms with van der Waals surface area (Å²) in [5.74, 6) is -0.840. The summed E-state index contributed by atoms with van der Waals surface area (Å²) in [6.07, 6.45) is 0.607. The van der Waals surface area contributed by atoms with Gasteiger partial charge in [0.05, 0.1) is 16.8 Å². The predicted molar refractivity (Wildman–Crippen MR) is 67.9 cm³/mol. The molecule has 2 aromatic rings. The van der Waals surface area contributed by atoms with Gasteiger partial charge >= 0.3 is 0 Å². The highest BCUT2D eigenvalue weighted by molar-refractivity contribution is 6.33. The van der Waals surface area contributed by atoms with Crippen LogP contribution in [0.5, 0.6) is 0 Å². The van der Waals surface area contributed by atoms with E-state index in [0.717, 1.165) is 23.4 Å². The molecule has 0 saturated carbocycles. The smallest absolute Gasteiger partial charge is 0.128 e. The number of hydrogen-bond acceptors (Lipinski definition) is 1. The maximum Gasteiger partial charge on any atom is 0.128 e. The van der Waals surface area contributed by atoms with Gasteiger partial charge in [-0.3, -0.25) is 0 Å². The lowest BCUT2D eigenvalue weighted by molar-refractivity contribution is 0.573. The Morgan fingerprint density at radius 2 is 2.00 bits per heavy atom. The lowest BCUT2D eigenvalue weighted by Crippen LogP contribution is -2.08. The summed E-state index contributed by atoms with van der Waals surface area (Å²) in [4.78, 5) is 0. The van der Waals surface area contributed by atoms with Crippen LogP contribution in [0, 0.1) is 11.6 Å². The van der Waals surface area contributed by atoms with Crippen LogP contribution in [0.25, 0.3) is 0 Å². The fourth-order valence-electron chi connectivity index (χ4n) is 2.32. The molecule has 0 fully saturated rings. The molecule has 1 atom stereocenters. The maximum atomic E-state index is 13.7. The highest BCUT2D eigenvalue weighted by atomic mass is 35.5. The van der Waals surface area contributed by atoms with E-state index in [1.165, 1.54) is 6.07 Å². The second-order valence-electron chi connectivity index (χ2n) is 4.34. The molecule has 1 N–H and O–H groups in total. The van der Waals surface area contributed by atoms with E-state index in [1.807, 2.05) is 12.1 Å². The lowest BCUT2D eigenvalue weighted by atomic mass is 10.0. The molecule has 0 aromatic heterocycles. The SMILES string of the molecule is Fc1ccc(F)c(C2Cc3cccc(Cl)c3N2)c1. The first-order chi connectivity index (χ1) is 8.65. The van der Waals surface area contributed by atoms with E-state index >= 15 is 0 Å². The summed E-state index contributed by atoms with van der Waals surface area (Å²) < 4.78 is 26.9. The van der Waals surface area contributed by atoms with Crippen molar-refractivity contribution in [1.29, 1.82) is 0 Å². The molecule has 3 rings (SSSR count). The van der Waals surface area contributed by atoms with Crippen LogP contribution in [0.4, 0.5) is 14.5 Å². The van der Waals surface area contributed by atoms with Gasteiger partial charge in [-0.05, 0) is 36.2 Å². The number of halogens is 3. The van der Waals surface area contributed by atoms with Crippen LogP contribution in [0.3, 0.4) is 0 Å². The quantitative estimate of drug-likeness (QED) is 0.809. The third-order valence-corrected chi connectivity index (χ3v) is 3.49. The van der Waals surface area contributed by atoms with Crippen LogP contribution in [0.1, 0.15) is 17.2 Å². The lowest BCUT2D eigenvalue weighted by Gasteiger charge is -2.13. The van der Waals surface area contributed by atoms with Crippen LogP contribution in [0.15, 0.2) is 36.4 Å². The van der Waals surface area contributed by atoms with Crippen LogP contribution < -0.4 is 5.32 Å². The molecule has 0 saturated heterocycles. The Bertz CT molecular complexity index is 613. The average molecular weight is 266 g/mol. The molecule has 1 aliphatic heterocycles.